The fourth-order valence-corrected chi connectivity index (χ4v) is 4.81. The van der Waals surface area contributed by atoms with Crippen LogP contribution in [0.2, 0.25) is 0 Å². The lowest BCUT2D eigenvalue weighted by Crippen LogP contribution is -2.25. The summed E-state index contributed by atoms with van der Waals surface area (Å²) in [5, 5.41) is 0. The summed E-state index contributed by atoms with van der Waals surface area (Å²) in [6, 6.07) is 21.0. The van der Waals surface area contributed by atoms with Crippen LogP contribution in [0.1, 0.15) is 68.7 Å². The fraction of sp³-hybridized carbons (Fsp3) is 0.359. The van der Waals surface area contributed by atoms with Crippen molar-refractivity contribution in [3.63, 3.8) is 0 Å². The summed E-state index contributed by atoms with van der Waals surface area (Å²) >= 11 is 0. The minimum Gasteiger partial charge on any atom is -0.496 e. The second-order valence-electron chi connectivity index (χ2n) is 11.2. The van der Waals surface area contributed by atoms with Crippen LogP contribution in [-0.2, 0) is 9.53 Å². The van der Waals surface area contributed by atoms with Crippen LogP contribution in [0.5, 0.6) is 11.5 Å². The topological polar surface area (TPSA) is 51.2 Å². The van der Waals surface area contributed by atoms with Gasteiger partial charge in [-0.15, -0.1) is 0 Å². The van der Waals surface area contributed by atoms with Crippen molar-refractivity contribution < 1.29 is 19.0 Å². The number of rotatable bonds is 18. The van der Waals surface area contributed by atoms with E-state index in [0.717, 1.165) is 52.5 Å². The van der Waals surface area contributed by atoms with E-state index in [4.69, 9.17) is 14.2 Å². The van der Waals surface area contributed by atoms with E-state index < -0.39 is 0 Å². The predicted octanol–water partition coefficient (Wildman–Crippen LogP) is 9.01. The molecular formula is C39H50N2O4. The third kappa shape index (κ3) is 10.9. The summed E-state index contributed by atoms with van der Waals surface area (Å²) in [5.41, 5.74) is 6.79. The number of ether oxygens (including phenoxy) is 3. The Hall–Kier alpha value is -4.45. The molecule has 3 rings (SSSR count). The highest BCUT2D eigenvalue weighted by molar-refractivity contribution is 5.87. The molecule has 0 heterocycles. The molecule has 0 N–H and O–H groups in total. The Morgan fingerprint density at radius 3 is 1.62 bits per heavy atom. The Morgan fingerprint density at radius 2 is 1.20 bits per heavy atom. The Bertz CT molecular complexity index is 1420. The number of unbranched alkanes of at least 4 members (excludes halogenated alkanes) is 2. The lowest BCUT2D eigenvalue weighted by molar-refractivity contribution is -0.138. The molecule has 0 aromatic heterocycles. The Kier molecular flexibility index (Phi) is 14.3. The van der Waals surface area contributed by atoms with Gasteiger partial charge in [0.05, 0.1) is 20.8 Å². The van der Waals surface area contributed by atoms with Gasteiger partial charge in [-0.05, 0) is 67.3 Å². The zero-order chi connectivity index (χ0) is 32.6. The highest BCUT2D eigenvalue weighted by Crippen LogP contribution is 2.32. The first kappa shape index (κ1) is 35.0. The van der Waals surface area contributed by atoms with Crippen molar-refractivity contribution in [2.45, 2.75) is 46.5 Å². The first-order valence-corrected chi connectivity index (χ1v) is 15.9. The molecular weight excluding hydrogens is 560 g/mol. The summed E-state index contributed by atoms with van der Waals surface area (Å²) in [6.07, 6.45) is 13.1. The Morgan fingerprint density at radius 1 is 0.733 bits per heavy atom. The number of carbonyl (C=O) groups is 1. The predicted molar refractivity (Wildman–Crippen MR) is 191 cm³/mol. The standard InChI is InChI=1S/C39H50N2O4/c1-8-10-24-41(25-11-9-2)36-22-16-32(17-23-36)13-19-34-29-37(43-6)33(28-38(34)44-7)18-12-31-14-20-35(21-15-31)40(5)26-27-45-39(42)30(3)4/h12-23,28-29H,3,8-11,24-27H2,1-2,4-7H3/b18-12+,19-13+. The number of hydrogen-bond acceptors (Lipinski definition) is 6. The van der Waals surface area contributed by atoms with Crippen molar-refractivity contribution >= 4 is 41.6 Å². The molecule has 0 aliphatic carbocycles. The van der Waals surface area contributed by atoms with E-state index in [1.807, 2.05) is 42.3 Å². The first-order valence-electron chi connectivity index (χ1n) is 15.9. The van der Waals surface area contributed by atoms with Gasteiger partial charge in [-0.2, -0.15) is 0 Å². The van der Waals surface area contributed by atoms with E-state index in [0.29, 0.717) is 18.7 Å². The third-order valence-corrected chi connectivity index (χ3v) is 7.66. The van der Waals surface area contributed by atoms with Crippen molar-refractivity contribution in [2.24, 2.45) is 0 Å². The van der Waals surface area contributed by atoms with Gasteiger partial charge >= 0.3 is 5.97 Å². The Balaban J connectivity index is 1.69. The largest absolute Gasteiger partial charge is 0.496 e. The molecule has 0 fully saturated rings. The molecule has 45 heavy (non-hydrogen) atoms. The molecule has 6 heteroatoms. The van der Waals surface area contributed by atoms with E-state index in [1.165, 1.54) is 31.4 Å². The maximum atomic E-state index is 11.6. The lowest BCUT2D eigenvalue weighted by atomic mass is 10.0. The number of hydrogen-bond donors (Lipinski definition) is 0. The average molecular weight is 611 g/mol. The van der Waals surface area contributed by atoms with Crippen LogP contribution in [0.3, 0.4) is 0 Å². The maximum Gasteiger partial charge on any atom is 0.333 e. The van der Waals surface area contributed by atoms with Gasteiger partial charge in [0.25, 0.3) is 0 Å². The van der Waals surface area contributed by atoms with Crippen LogP contribution in [0, 0.1) is 0 Å². The van der Waals surface area contributed by atoms with Crippen molar-refractivity contribution in [1.82, 2.24) is 0 Å². The van der Waals surface area contributed by atoms with Crippen molar-refractivity contribution in [1.29, 1.82) is 0 Å². The zero-order valence-electron chi connectivity index (χ0n) is 28.0. The molecule has 0 unspecified atom stereocenters. The van der Waals surface area contributed by atoms with Crippen LogP contribution >= 0.6 is 0 Å². The second kappa shape index (κ2) is 18.4. The number of benzene rings is 3. The highest BCUT2D eigenvalue weighted by atomic mass is 16.5. The quantitative estimate of drug-likeness (QED) is 0.0814. The number of carbonyl (C=O) groups excluding carboxylic acids is 1. The minimum atomic E-state index is -0.364. The number of methoxy groups -OCH3 is 2. The summed E-state index contributed by atoms with van der Waals surface area (Å²) < 4.78 is 16.7. The van der Waals surface area contributed by atoms with E-state index in [9.17, 15) is 4.79 Å². The summed E-state index contributed by atoms with van der Waals surface area (Å²) in [5.74, 6) is 1.18. The lowest BCUT2D eigenvalue weighted by Gasteiger charge is -2.24. The van der Waals surface area contributed by atoms with Gasteiger partial charge in [0.15, 0.2) is 0 Å². The molecule has 3 aromatic rings. The monoisotopic (exact) mass is 610 g/mol. The summed E-state index contributed by atoms with van der Waals surface area (Å²) in [4.78, 5) is 16.1. The van der Waals surface area contributed by atoms with Crippen LogP contribution in [-0.4, -0.2) is 53.5 Å². The van der Waals surface area contributed by atoms with Crippen LogP contribution in [0.15, 0.2) is 72.8 Å². The van der Waals surface area contributed by atoms with E-state index in [2.05, 4.69) is 80.0 Å². The second-order valence-corrected chi connectivity index (χ2v) is 11.2. The number of nitrogens with zero attached hydrogens (tertiary/aromatic N) is 2. The molecule has 0 saturated heterocycles. The zero-order valence-corrected chi connectivity index (χ0v) is 28.0. The number of anilines is 2. The molecule has 0 spiro atoms. The van der Waals surface area contributed by atoms with Crippen LogP contribution < -0.4 is 19.3 Å². The van der Waals surface area contributed by atoms with Gasteiger partial charge in [-0.25, -0.2) is 4.79 Å². The van der Waals surface area contributed by atoms with Crippen molar-refractivity contribution in [3.8, 4) is 11.5 Å². The van der Waals surface area contributed by atoms with Gasteiger partial charge in [-0.1, -0.05) is 81.8 Å². The average Bonchev–Trinajstić information content (AvgIpc) is 3.06. The van der Waals surface area contributed by atoms with Gasteiger partial charge in [0, 0.05) is 48.2 Å². The fourth-order valence-electron chi connectivity index (χ4n) is 4.81. The highest BCUT2D eigenvalue weighted by Gasteiger charge is 2.10. The van der Waals surface area contributed by atoms with Crippen LogP contribution in [0.25, 0.3) is 24.3 Å². The molecule has 0 aliphatic rings. The Labute approximate surface area is 270 Å². The molecule has 0 radical (unpaired) electrons. The van der Waals surface area contributed by atoms with Crippen molar-refractivity contribution in [3.05, 3.63) is 95.1 Å². The third-order valence-electron chi connectivity index (χ3n) is 7.66. The maximum absolute atomic E-state index is 11.6. The van der Waals surface area contributed by atoms with E-state index in [1.54, 1.807) is 21.1 Å². The molecule has 240 valence electrons. The number of esters is 1. The SMILES string of the molecule is C=C(C)C(=O)OCCN(C)c1ccc(/C=C/c2cc(OC)c(/C=C/c3ccc(N(CCCC)CCCC)cc3)cc2OC)cc1. The minimum absolute atomic E-state index is 0.305. The first-order chi connectivity index (χ1) is 21.8. The normalized spacial score (nSPS) is 11.2. The summed E-state index contributed by atoms with van der Waals surface area (Å²) in [6.45, 7) is 12.8. The van der Waals surface area contributed by atoms with Crippen LogP contribution in [0.4, 0.5) is 11.4 Å². The molecule has 3 aromatic carbocycles. The molecule has 0 bridgehead atoms. The molecule has 6 nitrogen and oxygen atoms in total. The molecule has 0 atom stereocenters. The van der Waals surface area contributed by atoms with E-state index >= 15 is 0 Å². The van der Waals surface area contributed by atoms with Gasteiger partial charge in [-0.3, -0.25) is 0 Å². The van der Waals surface area contributed by atoms with Gasteiger partial charge < -0.3 is 24.0 Å². The van der Waals surface area contributed by atoms with Crippen molar-refractivity contribution in [2.75, 3.05) is 57.3 Å². The van der Waals surface area contributed by atoms with Gasteiger partial charge in [0.1, 0.15) is 18.1 Å². The van der Waals surface area contributed by atoms with Gasteiger partial charge in [0.2, 0.25) is 0 Å². The summed E-state index contributed by atoms with van der Waals surface area (Å²) in [7, 11) is 5.35. The number of likely N-dealkylation sites (N-methyl/N-ethyl adjacent to an activating group) is 1. The van der Waals surface area contributed by atoms with E-state index in [-0.39, 0.29) is 5.97 Å². The molecule has 0 aliphatic heterocycles. The smallest absolute Gasteiger partial charge is 0.333 e. The molecule has 0 saturated carbocycles. The molecule has 0 amide bonds.